The second kappa shape index (κ2) is 8.45. The molecule has 0 saturated carbocycles. The molecule has 0 bridgehead atoms. The topological polar surface area (TPSA) is 74.5 Å². The number of hydrogen-bond donors (Lipinski definition) is 0. The van der Waals surface area contributed by atoms with Gasteiger partial charge in [-0.05, 0) is 43.3 Å². The Morgan fingerprint density at radius 1 is 1.11 bits per heavy atom. The van der Waals surface area contributed by atoms with Crippen LogP contribution in [0, 0.1) is 0 Å². The third-order valence-electron chi connectivity index (χ3n) is 3.82. The first-order chi connectivity index (χ1) is 13.0. The van der Waals surface area contributed by atoms with Crippen LogP contribution >= 0.6 is 23.4 Å². The number of hydrogen-bond acceptors (Lipinski definition) is 7. The summed E-state index contributed by atoms with van der Waals surface area (Å²) in [6.07, 6.45) is 0. The number of rotatable bonds is 7. The number of halogens is 1. The summed E-state index contributed by atoms with van der Waals surface area (Å²) in [5, 5.41) is 8.58. The molecular formula is C19H17ClN2O4S. The van der Waals surface area contributed by atoms with Gasteiger partial charge in [-0.3, -0.25) is 4.79 Å². The van der Waals surface area contributed by atoms with E-state index in [1.54, 1.807) is 63.6 Å². The van der Waals surface area contributed by atoms with Crippen molar-refractivity contribution in [2.24, 2.45) is 0 Å². The Hall–Kier alpha value is -2.51. The van der Waals surface area contributed by atoms with Crippen LogP contribution < -0.4 is 9.47 Å². The van der Waals surface area contributed by atoms with Gasteiger partial charge in [0.1, 0.15) is 11.5 Å². The summed E-state index contributed by atoms with van der Waals surface area (Å²) < 4.78 is 16.3. The normalized spacial score (nSPS) is 11.9. The molecule has 27 heavy (non-hydrogen) atoms. The minimum absolute atomic E-state index is 0.0431. The summed E-state index contributed by atoms with van der Waals surface area (Å²) in [6, 6.07) is 12.1. The van der Waals surface area contributed by atoms with Gasteiger partial charge in [-0.25, -0.2) is 0 Å². The first-order valence-corrected chi connectivity index (χ1v) is 9.30. The van der Waals surface area contributed by atoms with Crippen molar-refractivity contribution in [3.63, 3.8) is 0 Å². The minimum atomic E-state index is -0.391. The number of thioether (sulfide) groups is 1. The molecule has 6 nitrogen and oxygen atoms in total. The highest BCUT2D eigenvalue weighted by molar-refractivity contribution is 8.00. The largest absolute Gasteiger partial charge is 0.497 e. The molecule has 1 aromatic heterocycles. The van der Waals surface area contributed by atoms with Crippen molar-refractivity contribution in [3.8, 4) is 23.0 Å². The highest BCUT2D eigenvalue weighted by Crippen LogP contribution is 2.34. The van der Waals surface area contributed by atoms with E-state index in [1.165, 1.54) is 11.8 Å². The zero-order valence-electron chi connectivity index (χ0n) is 14.9. The standard InChI is InChI=1S/C19H17ClN2O4S/c1-11(17(23)12-4-6-13(20)7-5-12)27-19-22-21-18(26-19)15-9-8-14(24-2)10-16(15)25-3/h4-11H,1-3H3/t11-/m1/s1. The van der Waals surface area contributed by atoms with Crippen LogP contribution in [0.1, 0.15) is 17.3 Å². The van der Waals surface area contributed by atoms with Crippen LogP contribution in [0.4, 0.5) is 0 Å². The lowest BCUT2D eigenvalue weighted by atomic mass is 10.1. The van der Waals surface area contributed by atoms with Crippen molar-refractivity contribution >= 4 is 29.1 Å². The fraction of sp³-hybridized carbons (Fsp3) is 0.211. The van der Waals surface area contributed by atoms with E-state index in [0.29, 0.717) is 38.8 Å². The van der Waals surface area contributed by atoms with E-state index in [4.69, 9.17) is 25.5 Å². The summed E-state index contributed by atoms with van der Waals surface area (Å²) in [5.41, 5.74) is 1.23. The van der Waals surface area contributed by atoms with Crippen molar-refractivity contribution in [2.75, 3.05) is 14.2 Å². The summed E-state index contributed by atoms with van der Waals surface area (Å²) in [6.45, 7) is 1.79. The third kappa shape index (κ3) is 4.43. The van der Waals surface area contributed by atoms with Crippen molar-refractivity contribution in [3.05, 3.63) is 53.1 Å². The maximum atomic E-state index is 12.5. The molecular weight excluding hydrogens is 388 g/mol. The van der Waals surface area contributed by atoms with Crippen LogP contribution in [0.5, 0.6) is 11.5 Å². The predicted octanol–water partition coefficient (Wildman–Crippen LogP) is 4.77. The molecule has 2 aromatic carbocycles. The molecule has 3 rings (SSSR count). The molecule has 0 amide bonds. The lowest BCUT2D eigenvalue weighted by Gasteiger charge is -2.08. The van der Waals surface area contributed by atoms with Gasteiger partial charge in [0.2, 0.25) is 0 Å². The number of carbonyl (C=O) groups is 1. The molecule has 0 saturated heterocycles. The SMILES string of the molecule is COc1ccc(-c2nnc(S[C@H](C)C(=O)c3ccc(Cl)cc3)o2)c(OC)c1. The van der Waals surface area contributed by atoms with E-state index in [9.17, 15) is 4.79 Å². The van der Waals surface area contributed by atoms with Crippen LogP contribution in [-0.2, 0) is 0 Å². The molecule has 1 heterocycles. The summed E-state index contributed by atoms with van der Waals surface area (Å²) in [4.78, 5) is 12.5. The van der Waals surface area contributed by atoms with Gasteiger partial charge >= 0.3 is 0 Å². The highest BCUT2D eigenvalue weighted by atomic mass is 35.5. The third-order valence-corrected chi connectivity index (χ3v) is 5.01. The molecule has 140 valence electrons. The van der Waals surface area contributed by atoms with E-state index in [0.717, 1.165) is 0 Å². The van der Waals surface area contributed by atoms with Crippen LogP contribution in [0.2, 0.25) is 5.02 Å². The minimum Gasteiger partial charge on any atom is -0.497 e. The second-order valence-electron chi connectivity index (χ2n) is 5.57. The summed E-state index contributed by atoms with van der Waals surface area (Å²) in [5.74, 6) is 1.48. The Morgan fingerprint density at radius 2 is 1.85 bits per heavy atom. The van der Waals surface area contributed by atoms with Crippen molar-refractivity contribution < 1.29 is 18.7 Å². The van der Waals surface area contributed by atoms with Gasteiger partial charge < -0.3 is 13.9 Å². The molecule has 3 aromatic rings. The van der Waals surface area contributed by atoms with E-state index in [-0.39, 0.29) is 5.78 Å². The number of Topliss-reactive ketones (excluding diaryl/α,β-unsaturated/α-hetero) is 1. The Bertz CT molecular complexity index is 943. The number of carbonyl (C=O) groups excluding carboxylic acids is 1. The number of nitrogens with zero attached hydrogens (tertiary/aromatic N) is 2. The molecule has 0 spiro atoms. The average Bonchev–Trinajstić information content (AvgIpc) is 3.15. The lowest BCUT2D eigenvalue weighted by Crippen LogP contribution is -2.13. The molecule has 0 N–H and O–H groups in total. The molecule has 0 aliphatic carbocycles. The Labute approximate surface area is 165 Å². The molecule has 0 aliphatic rings. The molecule has 0 aliphatic heterocycles. The van der Waals surface area contributed by atoms with E-state index in [1.807, 2.05) is 0 Å². The molecule has 1 atom stereocenters. The van der Waals surface area contributed by atoms with Gasteiger partial charge in [0.05, 0.1) is 25.0 Å². The second-order valence-corrected chi connectivity index (χ2v) is 7.30. The van der Waals surface area contributed by atoms with Crippen molar-refractivity contribution in [2.45, 2.75) is 17.4 Å². The van der Waals surface area contributed by atoms with Crippen molar-refractivity contribution in [1.82, 2.24) is 10.2 Å². The van der Waals surface area contributed by atoms with Gasteiger partial charge in [-0.2, -0.15) is 0 Å². The predicted molar refractivity (Wildman–Crippen MR) is 104 cm³/mol. The van der Waals surface area contributed by atoms with E-state index < -0.39 is 5.25 Å². The maximum Gasteiger partial charge on any atom is 0.277 e. The van der Waals surface area contributed by atoms with Crippen LogP contribution in [0.3, 0.4) is 0 Å². The Balaban J connectivity index is 1.76. The zero-order valence-corrected chi connectivity index (χ0v) is 16.5. The van der Waals surface area contributed by atoms with Crippen molar-refractivity contribution in [1.29, 1.82) is 0 Å². The number of aromatic nitrogens is 2. The van der Waals surface area contributed by atoms with Gasteiger partial charge in [0, 0.05) is 16.7 Å². The van der Waals surface area contributed by atoms with Crippen LogP contribution in [-0.4, -0.2) is 35.5 Å². The van der Waals surface area contributed by atoms with Gasteiger partial charge in [0.15, 0.2) is 5.78 Å². The number of ether oxygens (including phenoxy) is 2. The fourth-order valence-electron chi connectivity index (χ4n) is 2.40. The Kier molecular flexibility index (Phi) is 6.03. The Morgan fingerprint density at radius 3 is 2.52 bits per heavy atom. The lowest BCUT2D eigenvalue weighted by molar-refractivity contribution is 0.0993. The molecule has 8 heteroatoms. The summed E-state index contributed by atoms with van der Waals surface area (Å²) >= 11 is 7.06. The highest BCUT2D eigenvalue weighted by Gasteiger charge is 2.21. The first kappa shape index (κ1) is 19.3. The number of benzene rings is 2. The monoisotopic (exact) mass is 404 g/mol. The average molecular weight is 405 g/mol. The quantitative estimate of drug-likeness (QED) is 0.414. The number of methoxy groups -OCH3 is 2. The molecule has 0 radical (unpaired) electrons. The molecule has 0 unspecified atom stereocenters. The maximum absolute atomic E-state index is 12.5. The molecule has 0 fully saturated rings. The fourth-order valence-corrected chi connectivity index (χ4v) is 3.28. The van der Waals surface area contributed by atoms with E-state index in [2.05, 4.69) is 10.2 Å². The smallest absolute Gasteiger partial charge is 0.277 e. The van der Waals surface area contributed by atoms with E-state index >= 15 is 0 Å². The van der Waals surface area contributed by atoms with Gasteiger partial charge in [-0.15, -0.1) is 10.2 Å². The van der Waals surface area contributed by atoms with Crippen LogP contribution in [0.15, 0.2) is 52.1 Å². The first-order valence-electron chi connectivity index (χ1n) is 8.04. The number of ketones is 1. The summed E-state index contributed by atoms with van der Waals surface area (Å²) in [7, 11) is 3.13. The zero-order chi connectivity index (χ0) is 19.4. The van der Waals surface area contributed by atoms with Gasteiger partial charge in [-0.1, -0.05) is 23.4 Å². The van der Waals surface area contributed by atoms with Crippen LogP contribution in [0.25, 0.3) is 11.5 Å². The van der Waals surface area contributed by atoms with Gasteiger partial charge in [0.25, 0.3) is 11.1 Å².